The molecule has 0 saturated heterocycles. The number of ether oxygens (including phenoxy) is 1. The van der Waals surface area contributed by atoms with Crippen LogP contribution >= 0.6 is 0 Å². The first-order valence-electron chi connectivity index (χ1n) is 8.16. The minimum atomic E-state index is -3.97. The Kier molecular flexibility index (Phi) is 5.41. The van der Waals surface area contributed by atoms with E-state index in [1.165, 1.54) is 30.3 Å². The van der Waals surface area contributed by atoms with Gasteiger partial charge in [0.05, 0.1) is 12.1 Å². The number of hydrogen-bond acceptors (Lipinski definition) is 6. The van der Waals surface area contributed by atoms with Crippen LogP contribution in [0.3, 0.4) is 0 Å². The molecule has 0 fully saturated rings. The third-order valence-electron chi connectivity index (χ3n) is 3.97. The van der Waals surface area contributed by atoms with Crippen molar-refractivity contribution in [3.05, 3.63) is 65.5 Å². The van der Waals surface area contributed by atoms with Gasteiger partial charge in [-0.05, 0) is 36.4 Å². The molecule has 2 amide bonds. The van der Waals surface area contributed by atoms with Crippen molar-refractivity contribution in [3.63, 3.8) is 0 Å². The van der Waals surface area contributed by atoms with Crippen LogP contribution < -0.4 is 5.32 Å². The van der Waals surface area contributed by atoms with Crippen molar-refractivity contribution in [1.29, 1.82) is 0 Å². The molecule has 1 heterocycles. The van der Waals surface area contributed by atoms with Gasteiger partial charge in [-0.2, -0.15) is 0 Å². The standard InChI is InChI=1S/C18H15FN2O6S/c19-13-7-5-12(6-8-13)17(23)20-11-16(22)27-10-9-21-18(24)14-3-1-2-4-15(14)28(21,25)26/h1-8H,9-11H2,(H,20,23). The molecule has 0 saturated carbocycles. The molecule has 0 aliphatic carbocycles. The lowest BCUT2D eigenvalue weighted by Crippen LogP contribution is -2.35. The molecule has 3 rings (SSSR count). The van der Waals surface area contributed by atoms with Crippen molar-refractivity contribution in [1.82, 2.24) is 9.62 Å². The summed E-state index contributed by atoms with van der Waals surface area (Å²) >= 11 is 0. The summed E-state index contributed by atoms with van der Waals surface area (Å²) in [6, 6.07) is 10.6. The fourth-order valence-corrected chi connectivity index (χ4v) is 4.15. The van der Waals surface area contributed by atoms with Crippen molar-refractivity contribution >= 4 is 27.8 Å². The third-order valence-corrected chi connectivity index (χ3v) is 5.81. The number of fused-ring (bicyclic) bond motifs is 1. The highest BCUT2D eigenvalue weighted by atomic mass is 32.2. The van der Waals surface area contributed by atoms with Crippen LogP contribution in [0.25, 0.3) is 0 Å². The zero-order valence-corrected chi connectivity index (χ0v) is 15.2. The topological polar surface area (TPSA) is 110 Å². The average Bonchev–Trinajstić information content (AvgIpc) is 2.87. The molecule has 0 unspecified atom stereocenters. The van der Waals surface area contributed by atoms with Crippen LogP contribution in [0.1, 0.15) is 20.7 Å². The van der Waals surface area contributed by atoms with E-state index in [0.29, 0.717) is 4.31 Å². The third kappa shape index (κ3) is 3.86. The van der Waals surface area contributed by atoms with Crippen LogP contribution in [0.2, 0.25) is 0 Å². The van der Waals surface area contributed by atoms with Crippen LogP contribution in [-0.4, -0.2) is 50.2 Å². The molecule has 2 aromatic carbocycles. The van der Waals surface area contributed by atoms with Crippen LogP contribution in [0.5, 0.6) is 0 Å². The largest absolute Gasteiger partial charge is 0.462 e. The summed E-state index contributed by atoms with van der Waals surface area (Å²) in [4.78, 5) is 35.7. The highest BCUT2D eigenvalue weighted by Gasteiger charge is 2.40. The number of nitrogens with zero attached hydrogens (tertiary/aromatic N) is 1. The Morgan fingerprint density at radius 3 is 2.43 bits per heavy atom. The molecule has 0 aromatic heterocycles. The molecule has 0 bridgehead atoms. The van der Waals surface area contributed by atoms with Crippen molar-refractivity contribution < 1.29 is 31.9 Å². The van der Waals surface area contributed by atoms with Crippen molar-refractivity contribution in [2.45, 2.75) is 4.90 Å². The molecule has 0 spiro atoms. The number of rotatable bonds is 6. The minimum absolute atomic E-state index is 0.0698. The van der Waals surface area contributed by atoms with Gasteiger partial charge in [0.25, 0.3) is 21.8 Å². The number of nitrogens with one attached hydrogen (secondary N) is 1. The van der Waals surface area contributed by atoms with Gasteiger partial charge < -0.3 is 10.1 Å². The maximum atomic E-state index is 12.8. The Labute approximate surface area is 160 Å². The Hall–Kier alpha value is -3.27. The number of sulfonamides is 1. The summed E-state index contributed by atoms with van der Waals surface area (Å²) in [5.41, 5.74) is 0.237. The second-order valence-corrected chi connectivity index (χ2v) is 7.62. The molecular weight excluding hydrogens is 391 g/mol. The monoisotopic (exact) mass is 406 g/mol. The van der Waals surface area contributed by atoms with Gasteiger partial charge in [0, 0.05) is 5.56 Å². The zero-order valence-electron chi connectivity index (χ0n) is 14.4. The van der Waals surface area contributed by atoms with E-state index in [1.807, 2.05) is 0 Å². The van der Waals surface area contributed by atoms with Gasteiger partial charge in [-0.1, -0.05) is 12.1 Å². The number of carbonyl (C=O) groups is 3. The van der Waals surface area contributed by atoms with Crippen LogP contribution in [0.4, 0.5) is 4.39 Å². The van der Waals surface area contributed by atoms with Gasteiger partial charge in [-0.3, -0.25) is 14.4 Å². The molecule has 8 nitrogen and oxygen atoms in total. The molecule has 1 aliphatic heterocycles. The van der Waals surface area contributed by atoms with Crippen molar-refractivity contribution in [3.8, 4) is 0 Å². The van der Waals surface area contributed by atoms with Crippen LogP contribution in [0, 0.1) is 5.82 Å². The van der Waals surface area contributed by atoms with E-state index < -0.39 is 40.2 Å². The Bertz CT molecular complexity index is 1040. The molecule has 146 valence electrons. The summed E-state index contributed by atoms with van der Waals surface area (Å²) in [6.45, 7) is -1.16. The predicted molar refractivity (Wildman–Crippen MR) is 94.4 cm³/mol. The lowest BCUT2D eigenvalue weighted by Gasteiger charge is -2.15. The van der Waals surface area contributed by atoms with Crippen LogP contribution in [-0.2, 0) is 19.6 Å². The Balaban J connectivity index is 1.49. The second kappa shape index (κ2) is 7.77. The SMILES string of the molecule is O=C(CNC(=O)c1ccc(F)cc1)OCCN1C(=O)c2ccccc2S1(=O)=O. The van der Waals surface area contributed by atoms with Crippen molar-refractivity contribution in [2.75, 3.05) is 19.7 Å². The minimum Gasteiger partial charge on any atom is -0.462 e. The van der Waals surface area contributed by atoms with Gasteiger partial charge in [0.1, 0.15) is 23.9 Å². The van der Waals surface area contributed by atoms with Gasteiger partial charge >= 0.3 is 5.97 Å². The first-order chi connectivity index (χ1) is 13.3. The molecule has 0 atom stereocenters. The maximum Gasteiger partial charge on any atom is 0.325 e. The molecule has 1 N–H and O–H groups in total. The van der Waals surface area contributed by atoms with E-state index >= 15 is 0 Å². The number of carbonyl (C=O) groups excluding carboxylic acids is 3. The van der Waals surface area contributed by atoms with Gasteiger partial charge in [0.15, 0.2) is 0 Å². The summed E-state index contributed by atoms with van der Waals surface area (Å²) < 4.78 is 43.0. The maximum absolute atomic E-state index is 12.8. The summed E-state index contributed by atoms with van der Waals surface area (Å²) in [5.74, 6) is -2.58. The fraction of sp³-hybridized carbons (Fsp3) is 0.167. The Morgan fingerprint density at radius 1 is 1.07 bits per heavy atom. The number of amides is 2. The normalized spacial score (nSPS) is 14.5. The number of halogens is 1. The predicted octanol–water partition coefficient (Wildman–Crippen LogP) is 0.943. The fourth-order valence-electron chi connectivity index (χ4n) is 2.60. The molecule has 10 heteroatoms. The van der Waals surface area contributed by atoms with E-state index in [-0.39, 0.29) is 29.2 Å². The lowest BCUT2D eigenvalue weighted by molar-refractivity contribution is -0.142. The van der Waals surface area contributed by atoms with Gasteiger partial charge in [0.2, 0.25) is 0 Å². The smallest absolute Gasteiger partial charge is 0.325 e. The van der Waals surface area contributed by atoms with Crippen molar-refractivity contribution in [2.24, 2.45) is 0 Å². The molecule has 1 aliphatic rings. The van der Waals surface area contributed by atoms with Crippen LogP contribution in [0.15, 0.2) is 53.4 Å². The molecule has 28 heavy (non-hydrogen) atoms. The number of esters is 1. The molecule has 2 aromatic rings. The van der Waals surface area contributed by atoms with E-state index in [0.717, 1.165) is 12.1 Å². The summed E-state index contributed by atoms with van der Waals surface area (Å²) in [6.07, 6.45) is 0. The summed E-state index contributed by atoms with van der Waals surface area (Å²) in [5, 5.41) is 2.30. The number of benzene rings is 2. The van der Waals surface area contributed by atoms with E-state index in [1.54, 1.807) is 6.07 Å². The average molecular weight is 406 g/mol. The van der Waals surface area contributed by atoms with Gasteiger partial charge in [-0.25, -0.2) is 17.1 Å². The van der Waals surface area contributed by atoms with Gasteiger partial charge in [-0.15, -0.1) is 0 Å². The van der Waals surface area contributed by atoms with E-state index in [2.05, 4.69) is 5.32 Å². The van der Waals surface area contributed by atoms with E-state index in [9.17, 15) is 27.2 Å². The first kappa shape index (κ1) is 19.5. The highest BCUT2D eigenvalue weighted by molar-refractivity contribution is 7.90. The quantitative estimate of drug-likeness (QED) is 0.715. The lowest BCUT2D eigenvalue weighted by atomic mass is 10.2. The molecule has 0 radical (unpaired) electrons. The number of hydrogen-bond donors (Lipinski definition) is 1. The second-order valence-electron chi connectivity index (χ2n) is 5.79. The highest BCUT2D eigenvalue weighted by Crippen LogP contribution is 2.29. The first-order valence-corrected chi connectivity index (χ1v) is 9.60. The Morgan fingerprint density at radius 2 is 1.75 bits per heavy atom. The summed E-state index contributed by atoms with van der Waals surface area (Å²) in [7, 11) is -3.97. The van der Waals surface area contributed by atoms with E-state index in [4.69, 9.17) is 4.74 Å². The molecular formula is C18H15FN2O6S. The zero-order chi connectivity index (χ0) is 20.3.